The van der Waals surface area contributed by atoms with Gasteiger partial charge in [0.25, 0.3) is 5.91 Å². The van der Waals surface area contributed by atoms with Crippen molar-refractivity contribution in [2.45, 2.75) is 51.5 Å². The Morgan fingerprint density at radius 2 is 2.13 bits per heavy atom. The van der Waals surface area contributed by atoms with Crippen LogP contribution in [0.15, 0.2) is 6.07 Å². The number of likely N-dealkylation sites (tertiary alicyclic amines) is 1. The van der Waals surface area contributed by atoms with Crippen molar-refractivity contribution >= 4 is 28.2 Å². The molecule has 126 valence electrons. The maximum Gasteiger partial charge on any atom is 0.264 e. The summed E-state index contributed by atoms with van der Waals surface area (Å²) in [5.74, 6) is 0.270. The first-order valence-corrected chi connectivity index (χ1v) is 9.25. The molecular formula is C17H24N2O3S. The van der Waals surface area contributed by atoms with Gasteiger partial charge in [-0.05, 0) is 57.1 Å². The minimum absolute atomic E-state index is 0.0394. The molecule has 2 aliphatic rings. The topological polar surface area (TPSA) is 69.6 Å². The van der Waals surface area contributed by atoms with Crippen LogP contribution < -0.4 is 5.32 Å². The summed E-state index contributed by atoms with van der Waals surface area (Å²) < 4.78 is 0. The third-order valence-corrected chi connectivity index (χ3v) is 5.80. The van der Waals surface area contributed by atoms with E-state index in [2.05, 4.69) is 5.32 Å². The molecule has 2 heterocycles. The number of carbonyl (C=O) groups excluding carboxylic acids is 2. The molecule has 1 saturated heterocycles. The minimum atomic E-state index is 0.0394. The molecule has 2 N–H and O–H groups in total. The Labute approximate surface area is 140 Å². The summed E-state index contributed by atoms with van der Waals surface area (Å²) in [6, 6.07) is 2.02. The fraction of sp³-hybridized carbons (Fsp3) is 0.647. The highest BCUT2D eigenvalue weighted by atomic mass is 32.1. The maximum atomic E-state index is 12.9. The number of amides is 2. The lowest BCUT2D eigenvalue weighted by Crippen LogP contribution is -2.44. The fourth-order valence-electron chi connectivity index (χ4n) is 3.17. The third kappa shape index (κ3) is 3.75. The number of aliphatic hydroxyl groups is 1. The number of thiophene rings is 1. The van der Waals surface area contributed by atoms with Gasteiger partial charge in [0.2, 0.25) is 5.91 Å². The van der Waals surface area contributed by atoms with Gasteiger partial charge < -0.3 is 15.3 Å². The largest absolute Gasteiger partial charge is 0.396 e. The Morgan fingerprint density at radius 3 is 2.83 bits per heavy atom. The quantitative estimate of drug-likeness (QED) is 0.869. The number of aliphatic hydroxyl groups excluding tert-OH is 1. The maximum absolute atomic E-state index is 12.9. The average molecular weight is 336 g/mol. The van der Waals surface area contributed by atoms with Crippen molar-refractivity contribution in [1.82, 2.24) is 4.90 Å². The fourth-order valence-corrected chi connectivity index (χ4v) is 4.20. The molecule has 0 spiro atoms. The number of carbonyl (C=O) groups is 2. The van der Waals surface area contributed by atoms with E-state index in [0.717, 1.165) is 49.2 Å². The highest BCUT2D eigenvalue weighted by Gasteiger charge is 2.31. The van der Waals surface area contributed by atoms with E-state index < -0.39 is 0 Å². The second-order valence-electron chi connectivity index (χ2n) is 6.55. The summed E-state index contributed by atoms with van der Waals surface area (Å²) in [7, 11) is 0. The molecule has 1 saturated carbocycles. The second kappa shape index (κ2) is 7.01. The lowest BCUT2D eigenvalue weighted by atomic mass is 9.99. The van der Waals surface area contributed by atoms with Gasteiger partial charge in [0.15, 0.2) is 0 Å². The number of aryl methyl sites for hydroxylation is 1. The van der Waals surface area contributed by atoms with E-state index in [0.29, 0.717) is 11.3 Å². The zero-order valence-corrected chi connectivity index (χ0v) is 14.3. The number of hydrogen-bond donors (Lipinski definition) is 2. The zero-order valence-electron chi connectivity index (χ0n) is 13.5. The van der Waals surface area contributed by atoms with Crippen molar-refractivity contribution in [2.24, 2.45) is 5.92 Å². The van der Waals surface area contributed by atoms with Crippen LogP contribution in [-0.4, -0.2) is 41.0 Å². The molecule has 0 bridgehead atoms. The predicted octanol–water partition coefficient (Wildman–Crippen LogP) is 2.78. The lowest BCUT2D eigenvalue weighted by Gasteiger charge is -2.35. The van der Waals surface area contributed by atoms with Crippen molar-refractivity contribution in [3.05, 3.63) is 16.5 Å². The van der Waals surface area contributed by atoms with Crippen molar-refractivity contribution in [1.29, 1.82) is 0 Å². The predicted molar refractivity (Wildman–Crippen MR) is 90.8 cm³/mol. The Hall–Kier alpha value is -1.40. The van der Waals surface area contributed by atoms with Crippen molar-refractivity contribution in [2.75, 3.05) is 18.5 Å². The lowest BCUT2D eigenvalue weighted by molar-refractivity contribution is -0.117. The summed E-state index contributed by atoms with van der Waals surface area (Å²) >= 11 is 1.37. The van der Waals surface area contributed by atoms with Crippen LogP contribution in [0.5, 0.6) is 0 Å². The van der Waals surface area contributed by atoms with E-state index in [1.807, 2.05) is 17.9 Å². The molecule has 1 aliphatic carbocycles. The van der Waals surface area contributed by atoms with Gasteiger partial charge in [0, 0.05) is 25.1 Å². The van der Waals surface area contributed by atoms with E-state index in [9.17, 15) is 14.7 Å². The molecule has 3 rings (SSSR count). The van der Waals surface area contributed by atoms with Crippen molar-refractivity contribution in [3.8, 4) is 0 Å². The number of nitrogens with zero attached hydrogens (tertiary/aromatic N) is 1. The van der Waals surface area contributed by atoms with Gasteiger partial charge in [-0.25, -0.2) is 0 Å². The third-order valence-electron chi connectivity index (χ3n) is 4.66. The van der Waals surface area contributed by atoms with Crippen LogP contribution in [0.3, 0.4) is 0 Å². The van der Waals surface area contributed by atoms with Crippen LogP contribution in [0.25, 0.3) is 0 Å². The van der Waals surface area contributed by atoms with Gasteiger partial charge in [0.1, 0.15) is 0 Å². The molecule has 23 heavy (non-hydrogen) atoms. The molecule has 2 amide bonds. The summed E-state index contributed by atoms with van der Waals surface area (Å²) in [6.07, 6.45) is 5.67. The van der Waals surface area contributed by atoms with Gasteiger partial charge in [0.05, 0.1) is 9.88 Å². The number of anilines is 1. The normalized spacial score (nSPS) is 21.3. The molecule has 1 unspecified atom stereocenters. The first-order chi connectivity index (χ1) is 11.1. The van der Waals surface area contributed by atoms with Crippen molar-refractivity contribution < 1.29 is 14.7 Å². The van der Waals surface area contributed by atoms with Crippen LogP contribution >= 0.6 is 11.3 Å². The van der Waals surface area contributed by atoms with Gasteiger partial charge in [-0.1, -0.05) is 0 Å². The van der Waals surface area contributed by atoms with E-state index in [1.54, 1.807) is 0 Å². The molecule has 1 aromatic heterocycles. The van der Waals surface area contributed by atoms with E-state index in [-0.39, 0.29) is 30.4 Å². The van der Waals surface area contributed by atoms with E-state index >= 15 is 0 Å². The Balaban J connectivity index is 1.72. The van der Waals surface area contributed by atoms with Crippen LogP contribution in [0, 0.1) is 12.8 Å². The standard InChI is InChI=1S/C17H24N2O3S/c1-11-10-14(18-16(21)12-5-6-12)23-15(11)17(22)19-8-3-2-4-13(19)7-9-20/h10,12-13,20H,2-9H2,1H3,(H,18,21). The molecule has 0 radical (unpaired) electrons. The molecule has 6 heteroatoms. The Kier molecular flexibility index (Phi) is 5.02. The van der Waals surface area contributed by atoms with Crippen LogP contribution in [0.4, 0.5) is 5.00 Å². The van der Waals surface area contributed by atoms with E-state index in [4.69, 9.17) is 0 Å². The van der Waals surface area contributed by atoms with E-state index in [1.165, 1.54) is 11.3 Å². The SMILES string of the molecule is Cc1cc(NC(=O)C2CC2)sc1C(=O)N1CCCCC1CCO. The first-order valence-electron chi connectivity index (χ1n) is 8.43. The summed E-state index contributed by atoms with van der Waals surface area (Å²) in [4.78, 5) is 27.4. The smallest absolute Gasteiger partial charge is 0.264 e. The van der Waals surface area contributed by atoms with Gasteiger partial charge in [-0.15, -0.1) is 11.3 Å². The molecule has 1 aliphatic heterocycles. The Morgan fingerprint density at radius 1 is 1.35 bits per heavy atom. The average Bonchev–Trinajstić information content (AvgIpc) is 3.32. The van der Waals surface area contributed by atoms with Crippen molar-refractivity contribution in [3.63, 3.8) is 0 Å². The number of hydrogen-bond acceptors (Lipinski definition) is 4. The molecule has 5 nitrogen and oxygen atoms in total. The monoisotopic (exact) mass is 336 g/mol. The highest BCUT2D eigenvalue weighted by Crippen LogP contribution is 2.34. The van der Waals surface area contributed by atoms with Gasteiger partial charge >= 0.3 is 0 Å². The number of rotatable bonds is 5. The molecule has 2 fully saturated rings. The van der Waals surface area contributed by atoms with Crippen LogP contribution in [0.1, 0.15) is 53.8 Å². The Bertz CT molecular complexity index is 593. The summed E-state index contributed by atoms with van der Waals surface area (Å²) in [5.41, 5.74) is 0.916. The zero-order chi connectivity index (χ0) is 16.4. The first kappa shape index (κ1) is 16.5. The van der Waals surface area contributed by atoms with Gasteiger partial charge in [-0.2, -0.15) is 0 Å². The molecule has 0 aromatic carbocycles. The number of nitrogens with one attached hydrogen (secondary N) is 1. The summed E-state index contributed by atoms with van der Waals surface area (Å²) in [5, 5.41) is 12.9. The molecule has 1 atom stereocenters. The summed E-state index contributed by atoms with van der Waals surface area (Å²) in [6.45, 7) is 2.78. The minimum Gasteiger partial charge on any atom is -0.396 e. The molecular weight excluding hydrogens is 312 g/mol. The highest BCUT2D eigenvalue weighted by molar-refractivity contribution is 7.18. The van der Waals surface area contributed by atoms with Gasteiger partial charge in [-0.3, -0.25) is 9.59 Å². The van der Waals surface area contributed by atoms with Crippen LogP contribution in [0.2, 0.25) is 0 Å². The number of piperidine rings is 1. The molecule has 1 aromatic rings. The van der Waals surface area contributed by atoms with Crippen LogP contribution in [-0.2, 0) is 4.79 Å². The second-order valence-corrected chi connectivity index (χ2v) is 7.60.